The molecule has 2 aliphatic heterocycles. The molecule has 2 aliphatic rings. The molecule has 7 heteroatoms. The van der Waals surface area contributed by atoms with Gasteiger partial charge in [0, 0.05) is 43.6 Å². The monoisotopic (exact) mass is 409 g/mol. The van der Waals surface area contributed by atoms with Gasteiger partial charge in [-0.25, -0.2) is 9.78 Å². The van der Waals surface area contributed by atoms with Crippen LogP contribution in [0.2, 0.25) is 0 Å². The van der Waals surface area contributed by atoms with Crippen molar-refractivity contribution >= 4 is 17.7 Å². The molecular formula is C23H31N5O2. The number of anilines is 2. The van der Waals surface area contributed by atoms with Gasteiger partial charge in [0.1, 0.15) is 0 Å². The molecule has 3 heterocycles. The highest BCUT2D eigenvalue weighted by molar-refractivity contribution is 5.89. The summed E-state index contributed by atoms with van der Waals surface area (Å²) >= 11 is 0. The Bertz CT molecular complexity index is 823. The van der Waals surface area contributed by atoms with Crippen molar-refractivity contribution in [1.82, 2.24) is 14.9 Å². The topological polar surface area (TPSA) is 70.6 Å². The number of likely N-dealkylation sites (tertiary alicyclic amines) is 1. The maximum atomic E-state index is 13.1. The van der Waals surface area contributed by atoms with Crippen LogP contribution in [0.25, 0.3) is 0 Å². The molecule has 1 aromatic heterocycles. The van der Waals surface area contributed by atoms with Crippen LogP contribution in [-0.2, 0) is 0 Å². The molecule has 0 radical (unpaired) electrons. The number of para-hydroxylation sites is 1. The van der Waals surface area contributed by atoms with Crippen molar-refractivity contribution in [2.24, 2.45) is 5.92 Å². The van der Waals surface area contributed by atoms with Gasteiger partial charge in [-0.05, 0) is 43.7 Å². The number of carbonyl (C=O) groups is 1. The first kappa shape index (κ1) is 20.4. The minimum absolute atomic E-state index is 0.0339. The standard InChI is InChI=1S/C23H31N5O2/c1-30-21-11-14-24-22(26-21)27-16-12-18(13-17-27)20-10-6-3-7-15-28(20)23(29)25-19-8-4-2-5-9-19/h2,4-5,8-9,11,14,18,20H,3,6-7,10,12-13,15-17H2,1H3,(H,25,29). The number of nitrogens with one attached hydrogen (secondary N) is 1. The molecule has 1 unspecified atom stereocenters. The average molecular weight is 410 g/mol. The number of piperidine rings is 1. The van der Waals surface area contributed by atoms with Crippen molar-refractivity contribution < 1.29 is 9.53 Å². The fourth-order valence-corrected chi connectivity index (χ4v) is 4.68. The van der Waals surface area contributed by atoms with Gasteiger partial charge in [-0.1, -0.05) is 31.0 Å². The van der Waals surface area contributed by atoms with Gasteiger partial charge in [0.05, 0.1) is 7.11 Å². The van der Waals surface area contributed by atoms with E-state index in [1.54, 1.807) is 19.4 Å². The number of hydrogen-bond donors (Lipinski definition) is 1. The molecule has 7 nitrogen and oxygen atoms in total. The van der Waals surface area contributed by atoms with E-state index in [4.69, 9.17) is 4.74 Å². The highest BCUT2D eigenvalue weighted by Gasteiger charge is 2.34. The van der Waals surface area contributed by atoms with Gasteiger partial charge in [0.25, 0.3) is 0 Å². The van der Waals surface area contributed by atoms with Crippen molar-refractivity contribution in [2.45, 2.75) is 44.6 Å². The zero-order chi connectivity index (χ0) is 20.8. The number of rotatable bonds is 4. The Morgan fingerprint density at radius 1 is 1.03 bits per heavy atom. The van der Waals surface area contributed by atoms with Crippen LogP contribution in [0, 0.1) is 5.92 Å². The number of methoxy groups -OCH3 is 1. The SMILES string of the molecule is COc1ccnc(N2CCC(C3CCCCCN3C(=O)Nc3ccccc3)CC2)n1. The molecular weight excluding hydrogens is 378 g/mol. The second kappa shape index (κ2) is 9.78. The quantitative estimate of drug-likeness (QED) is 0.820. The third-order valence-corrected chi connectivity index (χ3v) is 6.28. The summed E-state index contributed by atoms with van der Waals surface area (Å²) in [5.74, 6) is 1.83. The molecule has 1 N–H and O–H groups in total. The number of carbonyl (C=O) groups excluding carboxylic acids is 1. The van der Waals surface area contributed by atoms with Gasteiger partial charge in [0.2, 0.25) is 11.8 Å². The Labute approximate surface area is 178 Å². The maximum absolute atomic E-state index is 13.1. The largest absolute Gasteiger partial charge is 0.481 e. The Balaban J connectivity index is 1.41. The van der Waals surface area contributed by atoms with E-state index in [-0.39, 0.29) is 6.03 Å². The summed E-state index contributed by atoms with van der Waals surface area (Å²) in [6.45, 7) is 2.65. The van der Waals surface area contributed by atoms with E-state index in [1.165, 1.54) is 12.8 Å². The summed E-state index contributed by atoms with van der Waals surface area (Å²) < 4.78 is 5.24. The molecule has 2 aromatic rings. The van der Waals surface area contributed by atoms with Crippen LogP contribution < -0.4 is 15.0 Å². The number of ether oxygens (including phenoxy) is 1. The molecule has 2 saturated heterocycles. The highest BCUT2D eigenvalue weighted by Crippen LogP contribution is 2.31. The van der Waals surface area contributed by atoms with Gasteiger partial charge in [-0.2, -0.15) is 4.98 Å². The fraction of sp³-hybridized carbons (Fsp3) is 0.522. The lowest BCUT2D eigenvalue weighted by molar-refractivity contribution is 0.146. The molecule has 0 spiro atoms. The van der Waals surface area contributed by atoms with Crippen LogP contribution in [0.4, 0.5) is 16.4 Å². The first-order valence-corrected chi connectivity index (χ1v) is 11.0. The zero-order valence-electron chi connectivity index (χ0n) is 17.7. The third kappa shape index (κ3) is 4.83. The van der Waals surface area contributed by atoms with Gasteiger partial charge >= 0.3 is 6.03 Å². The van der Waals surface area contributed by atoms with E-state index in [0.29, 0.717) is 17.8 Å². The first-order valence-electron chi connectivity index (χ1n) is 11.0. The number of aromatic nitrogens is 2. The first-order chi connectivity index (χ1) is 14.7. The second-order valence-electron chi connectivity index (χ2n) is 8.13. The van der Waals surface area contributed by atoms with Gasteiger partial charge in [0.15, 0.2) is 0 Å². The Morgan fingerprint density at radius 3 is 2.60 bits per heavy atom. The van der Waals surface area contributed by atoms with Crippen LogP contribution >= 0.6 is 0 Å². The average Bonchev–Trinajstić information content (AvgIpc) is 3.06. The summed E-state index contributed by atoms with van der Waals surface area (Å²) in [6.07, 6.45) is 8.38. The predicted molar refractivity (Wildman–Crippen MR) is 118 cm³/mol. The lowest BCUT2D eigenvalue weighted by atomic mass is 9.86. The van der Waals surface area contributed by atoms with Crippen molar-refractivity contribution in [3.05, 3.63) is 42.6 Å². The molecule has 1 atom stereocenters. The molecule has 2 amide bonds. The van der Waals surface area contributed by atoms with Crippen molar-refractivity contribution in [1.29, 1.82) is 0 Å². The summed E-state index contributed by atoms with van der Waals surface area (Å²) in [4.78, 5) is 26.3. The summed E-state index contributed by atoms with van der Waals surface area (Å²) in [7, 11) is 1.62. The number of benzene rings is 1. The highest BCUT2D eigenvalue weighted by atomic mass is 16.5. The van der Waals surface area contributed by atoms with Crippen LogP contribution in [0.15, 0.2) is 42.6 Å². The molecule has 0 saturated carbocycles. The van der Waals surface area contributed by atoms with Crippen LogP contribution in [-0.4, -0.2) is 53.7 Å². The van der Waals surface area contributed by atoms with Gasteiger partial charge < -0.3 is 19.9 Å². The molecule has 1 aromatic carbocycles. The smallest absolute Gasteiger partial charge is 0.322 e. The number of nitrogens with zero attached hydrogens (tertiary/aromatic N) is 4. The van der Waals surface area contributed by atoms with E-state index < -0.39 is 0 Å². The van der Waals surface area contributed by atoms with Crippen molar-refractivity contribution in [3.63, 3.8) is 0 Å². The molecule has 30 heavy (non-hydrogen) atoms. The molecule has 160 valence electrons. The number of hydrogen-bond acceptors (Lipinski definition) is 5. The summed E-state index contributed by atoms with van der Waals surface area (Å²) in [5.41, 5.74) is 0.857. The predicted octanol–water partition coefficient (Wildman–Crippen LogP) is 4.18. The van der Waals surface area contributed by atoms with E-state index in [1.807, 2.05) is 30.3 Å². The van der Waals surface area contributed by atoms with E-state index in [2.05, 4.69) is 25.1 Å². The Morgan fingerprint density at radius 2 is 1.83 bits per heavy atom. The minimum Gasteiger partial charge on any atom is -0.481 e. The third-order valence-electron chi connectivity index (χ3n) is 6.28. The van der Waals surface area contributed by atoms with Crippen LogP contribution in [0.5, 0.6) is 5.88 Å². The van der Waals surface area contributed by atoms with E-state index in [0.717, 1.165) is 57.0 Å². The van der Waals surface area contributed by atoms with Crippen molar-refractivity contribution in [3.8, 4) is 5.88 Å². The number of amides is 2. The minimum atomic E-state index is 0.0339. The molecule has 4 rings (SSSR count). The van der Waals surface area contributed by atoms with Crippen LogP contribution in [0.1, 0.15) is 38.5 Å². The van der Waals surface area contributed by atoms with Crippen molar-refractivity contribution in [2.75, 3.05) is 37.0 Å². The van der Waals surface area contributed by atoms with E-state index in [9.17, 15) is 4.79 Å². The fourth-order valence-electron chi connectivity index (χ4n) is 4.68. The Hall–Kier alpha value is -2.83. The molecule has 0 bridgehead atoms. The normalized spacial score (nSPS) is 20.5. The molecule has 2 fully saturated rings. The van der Waals surface area contributed by atoms with Gasteiger partial charge in [-0.3, -0.25) is 0 Å². The van der Waals surface area contributed by atoms with E-state index >= 15 is 0 Å². The van der Waals surface area contributed by atoms with Crippen LogP contribution in [0.3, 0.4) is 0 Å². The summed E-state index contributed by atoms with van der Waals surface area (Å²) in [6, 6.07) is 11.8. The molecule has 0 aliphatic carbocycles. The maximum Gasteiger partial charge on any atom is 0.322 e. The number of urea groups is 1. The summed E-state index contributed by atoms with van der Waals surface area (Å²) in [5, 5.41) is 3.10. The van der Waals surface area contributed by atoms with Gasteiger partial charge in [-0.15, -0.1) is 0 Å². The zero-order valence-corrected chi connectivity index (χ0v) is 17.7. The Kier molecular flexibility index (Phi) is 6.67. The lowest BCUT2D eigenvalue weighted by Crippen LogP contribution is -2.49. The second-order valence-corrected chi connectivity index (χ2v) is 8.13. The lowest BCUT2D eigenvalue weighted by Gasteiger charge is -2.40.